The quantitative estimate of drug-likeness (QED) is 0.202. The lowest BCUT2D eigenvalue weighted by molar-refractivity contribution is -0.319. The standard InChI is InChI=1S/C18H17F6N3O5S/c19-17(20,21)13(28)31-16(32-14(29)18(22,23)24)10-25-6-8-27(16)7-3-9-33-15-26-11-4-1-2-5-12(11)30-15/h1-2,4-5,25H,3,6-10H2. The number of piperazine rings is 1. The number of thioether (sulfide) groups is 1. The van der Waals surface area contributed by atoms with Gasteiger partial charge in [-0.1, -0.05) is 23.9 Å². The first kappa shape index (κ1) is 25.1. The van der Waals surface area contributed by atoms with Gasteiger partial charge in [-0.2, -0.15) is 26.3 Å². The predicted molar refractivity (Wildman–Crippen MR) is 101 cm³/mol. The van der Waals surface area contributed by atoms with Crippen LogP contribution in [0.25, 0.3) is 11.1 Å². The second-order valence-electron chi connectivity index (χ2n) is 6.80. The number of fused-ring (bicyclic) bond motifs is 1. The van der Waals surface area contributed by atoms with Crippen LogP contribution in [0.1, 0.15) is 6.42 Å². The summed E-state index contributed by atoms with van der Waals surface area (Å²) in [5.74, 6) is -8.17. The number of benzene rings is 1. The lowest BCUT2D eigenvalue weighted by atomic mass is 10.2. The fourth-order valence-electron chi connectivity index (χ4n) is 2.98. The average molecular weight is 501 g/mol. The highest BCUT2D eigenvalue weighted by Gasteiger charge is 2.55. The Morgan fingerprint density at radius 2 is 1.76 bits per heavy atom. The van der Waals surface area contributed by atoms with E-state index in [4.69, 9.17) is 4.42 Å². The molecule has 3 rings (SSSR count). The van der Waals surface area contributed by atoms with E-state index in [0.29, 0.717) is 22.1 Å². The molecule has 0 radical (unpaired) electrons. The number of halogens is 6. The van der Waals surface area contributed by atoms with Crippen molar-refractivity contribution in [2.45, 2.75) is 29.9 Å². The van der Waals surface area contributed by atoms with Crippen molar-refractivity contribution in [1.29, 1.82) is 0 Å². The van der Waals surface area contributed by atoms with E-state index in [0.717, 1.165) is 4.90 Å². The second kappa shape index (κ2) is 9.77. The number of carbonyl (C=O) groups excluding carboxylic acids is 2. The van der Waals surface area contributed by atoms with Crippen LogP contribution in [0.15, 0.2) is 33.9 Å². The second-order valence-corrected chi connectivity index (χ2v) is 7.85. The molecule has 0 saturated carbocycles. The molecule has 0 aliphatic carbocycles. The number of aromatic nitrogens is 1. The molecule has 2 aromatic rings. The van der Waals surface area contributed by atoms with Gasteiger partial charge < -0.3 is 19.2 Å². The first-order valence-electron chi connectivity index (χ1n) is 9.45. The van der Waals surface area contributed by atoms with Crippen LogP contribution in [-0.4, -0.2) is 72.0 Å². The van der Waals surface area contributed by atoms with Crippen LogP contribution >= 0.6 is 11.8 Å². The molecule has 0 bridgehead atoms. The molecule has 0 unspecified atom stereocenters. The van der Waals surface area contributed by atoms with Crippen molar-refractivity contribution >= 4 is 34.8 Å². The predicted octanol–water partition coefficient (Wildman–Crippen LogP) is 3.08. The Hall–Kier alpha value is -2.52. The molecule has 0 spiro atoms. The van der Waals surface area contributed by atoms with Gasteiger partial charge >= 0.3 is 30.2 Å². The van der Waals surface area contributed by atoms with Crippen molar-refractivity contribution in [3.05, 3.63) is 24.3 Å². The summed E-state index contributed by atoms with van der Waals surface area (Å²) >= 11 is 1.18. The zero-order valence-electron chi connectivity index (χ0n) is 16.7. The van der Waals surface area contributed by atoms with Crippen LogP contribution in [0.2, 0.25) is 0 Å². The van der Waals surface area contributed by atoms with Gasteiger partial charge in [0.05, 0.1) is 6.54 Å². The van der Waals surface area contributed by atoms with Crippen LogP contribution in [0.4, 0.5) is 26.3 Å². The van der Waals surface area contributed by atoms with Crippen molar-refractivity contribution < 1.29 is 49.8 Å². The Morgan fingerprint density at radius 3 is 2.36 bits per heavy atom. The number of esters is 2. The minimum Gasteiger partial charge on any atom is -0.431 e. The maximum Gasteiger partial charge on any atom is 0.491 e. The van der Waals surface area contributed by atoms with Crippen LogP contribution in [0.5, 0.6) is 0 Å². The molecule has 0 atom stereocenters. The van der Waals surface area contributed by atoms with E-state index in [9.17, 15) is 35.9 Å². The molecule has 2 heterocycles. The number of hydrogen-bond donors (Lipinski definition) is 1. The maximum absolute atomic E-state index is 12.8. The number of nitrogens with one attached hydrogen (secondary N) is 1. The van der Waals surface area contributed by atoms with Crippen molar-refractivity contribution in [1.82, 2.24) is 15.2 Å². The topological polar surface area (TPSA) is 93.9 Å². The Bertz CT molecular complexity index is 935. The number of nitrogens with zero attached hydrogens (tertiary/aromatic N) is 2. The number of oxazole rings is 1. The zero-order chi connectivity index (χ0) is 24.3. The smallest absolute Gasteiger partial charge is 0.431 e. The van der Waals surface area contributed by atoms with E-state index >= 15 is 0 Å². The number of hydrogen-bond acceptors (Lipinski definition) is 9. The summed E-state index contributed by atoms with van der Waals surface area (Å²) < 4.78 is 90.7. The van der Waals surface area contributed by atoms with Crippen molar-refractivity contribution in [3.63, 3.8) is 0 Å². The molecule has 182 valence electrons. The molecule has 1 aromatic carbocycles. The number of rotatable bonds is 7. The normalized spacial score (nSPS) is 17.2. The van der Waals surface area contributed by atoms with E-state index in [1.807, 2.05) is 0 Å². The van der Waals surface area contributed by atoms with Gasteiger partial charge in [0.1, 0.15) is 5.52 Å². The number of ether oxygens (including phenoxy) is 2. The van der Waals surface area contributed by atoms with Crippen molar-refractivity contribution in [3.8, 4) is 0 Å². The third-order valence-electron chi connectivity index (χ3n) is 4.43. The summed E-state index contributed by atoms with van der Waals surface area (Å²) in [4.78, 5) is 28.0. The minimum absolute atomic E-state index is 0.146. The Labute approximate surface area is 186 Å². The molecule has 0 amide bonds. The first-order chi connectivity index (χ1) is 15.4. The molecule has 1 saturated heterocycles. The summed E-state index contributed by atoms with van der Waals surface area (Å²) in [7, 11) is 0. The lowest BCUT2D eigenvalue weighted by Gasteiger charge is -2.44. The number of alkyl halides is 6. The van der Waals surface area contributed by atoms with Gasteiger partial charge in [0, 0.05) is 25.4 Å². The summed E-state index contributed by atoms with van der Waals surface area (Å²) in [6, 6.07) is 6.98. The molecular weight excluding hydrogens is 484 g/mol. The molecule has 1 fully saturated rings. The van der Waals surface area contributed by atoms with Crippen LogP contribution < -0.4 is 5.32 Å². The molecule has 1 N–H and O–H groups in total. The fourth-order valence-corrected chi connectivity index (χ4v) is 3.74. The number of para-hydroxylation sites is 2. The van der Waals surface area contributed by atoms with Gasteiger partial charge in [0.2, 0.25) is 0 Å². The highest BCUT2D eigenvalue weighted by atomic mass is 32.2. The van der Waals surface area contributed by atoms with E-state index in [-0.39, 0.29) is 26.1 Å². The number of carbonyl (C=O) groups is 2. The molecular formula is C18H17F6N3O5S. The van der Waals surface area contributed by atoms with Gasteiger partial charge in [0.15, 0.2) is 5.58 Å². The van der Waals surface area contributed by atoms with Crippen LogP contribution in [0, 0.1) is 0 Å². The Morgan fingerprint density at radius 1 is 1.12 bits per heavy atom. The summed E-state index contributed by atoms with van der Waals surface area (Å²) in [6.07, 6.45) is -10.8. The van der Waals surface area contributed by atoms with Crippen LogP contribution in [-0.2, 0) is 19.1 Å². The summed E-state index contributed by atoms with van der Waals surface area (Å²) in [5.41, 5.74) is 1.18. The van der Waals surface area contributed by atoms with E-state index in [1.54, 1.807) is 24.3 Å². The zero-order valence-corrected chi connectivity index (χ0v) is 17.5. The molecule has 8 nitrogen and oxygen atoms in total. The van der Waals surface area contributed by atoms with Crippen LogP contribution in [0.3, 0.4) is 0 Å². The highest BCUT2D eigenvalue weighted by molar-refractivity contribution is 7.99. The lowest BCUT2D eigenvalue weighted by Crippen LogP contribution is -2.66. The van der Waals surface area contributed by atoms with Gasteiger partial charge in [-0.3, -0.25) is 0 Å². The Balaban J connectivity index is 1.69. The SMILES string of the molecule is O=C(OC1(OC(=O)C(F)(F)F)CNCCN1CCCSc1nc2ccccc2o1)C(F)(F)F. The molecule has 15 heteroatoms. The minimum atomic E-state index is -5.51. The summed E-state index contributed by atoms with van der Waals surface area (Å²) in [5, 5.41) is 2.82. The third kappa shape index (κ3) is 6.29. The van der Waals surface area contributed by atoms with E-state index in [2.05, 4.69) is 19.8 Å². The van der Waals surface area contributed by atoms with Gasteiger partial charge in [-0.15, -0.1) is 0 Å². The Kier molecular flexibility index (Phi) is 7.43. The van der Waals surface area contributed by atoms with Crippen molar-refractivity contribution in [2.24, 2.45) is 0 Å². The largest absolute Gasteiger partial charge is 0.491 e. The monoisotopic (exact) mass is 501 g/mol. The van der Waals surface area contributed by atoms with E-state index in [1.165, 1.54) is 11.8 Å². The molecule has 33 heavy (non-hydrogen) atoms. The van der Waals surface area contributed by atoms with Gasteiger partial charge in [-0.25, -0.2) is 19.5 Å². The molecule has 1 aliphatic rings. The van der Waals surface area contributed by atoms with E-state index < -0.39 is 36.7 Å². The summed E-state index contributed by atoms with van der Waals surface area (Å²) in [6.45, 7) is -0.933. The highest BCUT2D eigenvalue weighted by Crippen LogP contribution is 2.30. The van der Waals surface area contributed by atoms with Gasteiger partial charge in [-0.05, 0) is 18.6 Å². The fraction of sp³-hybridized carbons (Fsp3) is 0.500. The maximum atomic E-state index is 12.8. The molecule has 1 aromatic heterocycles. The first-order valence-corrected chi connectivity index (χ1v) is 10.4. The van der Waals surface area contributed by atoms with Crippen molar-refractivity contribution in [2.75, 3.05) is 31.9 Å². The third-order valence-corrected chi connectivity index (χ3v) is 5.34. The van der Waals surface area contributed by atoms with Gasteiger partial charge in [0.25, 0.3) is 5.22 Å². The average Bonchev–Trinajstić information content (AvgIpc) is 3.14. The molecule has 1 aliphatic heterocycles.